The van der Waals surface area contributed by atoms with Crippen molar-refractivity contribution < 1.29 is 9.53 Å². The lowest BCUT2D eigenvalue weighted by molar-refractivity contribution is -0.121. The van der Waals surface area contributed by atoms with Crippen molar-refractivity contribution in [2.75, 3.05) is 7.11 Å². The molecule has 134 valence electrons. The minimum atomic E-state index is -0.343. The number of allylic oxidation sites excluding steroid dienone is 1. The van der Waals surface area contributed by atoms with Gasteiger partial charge in [-0.05, 0) is 37.7 Å². The van der Waals surface area contributed by atoms with Gasteiger partial charge in [0.15, 0.2) is 0 Å². The molecule has 4 heteroatoms. The highest BCUT2D eigenvalue weighted by Crippen LogP contribution is 2.21. The van der Waals surface area contributed by atoms with Gasteiger partial charge in [0.2, 0.25) is 5.91 Å². The fourth-order valence-corrected chi connectivity index (χ4v) is 2.84. The largest absolute Gasteiger partial charge is 0.381 e. The van der Waals surface area contributed by atoms with E-state index in [2.05, 4.69) is 44.2 Å². The highest BCUT2D eigenvalue weighted by atomic mass is 16.5. The summed E-state index contributed by atoms with van der Waals surface area (Å²) in [6.45, 7) is 6.09. The Morgan fingerprint density at radius 1 is 1.25 bits per heavy atom. The summed E-state index contributed by atoms with van der Waals surface area (Å²) in [6, 6.07) is 10.2. The van der Waals surface area contributed by atoms with Gasteiger partial charge in [-0.15, -0.1) is 0 Å². The zero-order valence-electron chi connectivity index (χ0n) is 15.4. The molecule has 0 aliphatic carbocycles. The molecule has 1 amide bonds. The van der Waals surface area contributed by atoms with E-state index in [1.807, 2.05) is 6.07 Å². The van der Waals surface area contributed by atoms with E-state index in [9.17, 15) is 4.79 Å². The Morgan fingerprint density at radius 3 is 2.42 bits per heavy atom. The van der Waals surface area contributed by atoms with Gasteiger partial charge in [-0.1, -0.05) is 55.8 Å². The minimum absolute atomic E-state index is 0.175. The summed E-state index contributed by atoms with van der Waals surface area (Å²) in [5, 5.41) is 0. The summed E-state index contributed by atoms with van der Waals surface area (Å²) in [4.78, 5) is 11.2. The van der Waals surface area contributed by atoms with Crippen LogP contribution >= 0.6 is 0 Å². The number of nitrogens with two attached hydrogens (primary N) is 2. The van der Waals surface area contributed by atoms with E-state index < -0.39 is 0 Å². The molecule has 0 aliphatic heterocycles. The second-order valence-electron chi connectivity index (χ2n) is 6.79. The minimum Gasteiger partial charge on any atom is -0.381 e. The van der Waals surface area contributed by atoms with Crippen molar-refractivity contribution in [2.24, 2.45) is 23.3 Å². The molecule has 0 unspecified atom stereocenters. The van der Waals surface area contributed by atoms with E-state index in [4.69, 9.17) is 16.2 Å². The van der Waals surface area contributed by atoms with Crippen LogP contribution in [0.25, 0.3) is 0 Å². The van der Waals surface area contributed by atoms with Gasteiger partial charge in [0.05, 0.1) is 12.0 Å². The van der Waals surface area contributed by atoms with Crippen molar-refractivity contribution in [1.82, 2.24) is 0 Å². The van der Waals surface area contributed by atoms with E-state index in [0.29, 0.717) is 12.3 Å². The van der Waals surface area contributed by atoms with Crippen LogP contribution in [0.1, 0.15) is 39.2 Å². The number of ether oxygens (including phenoxy) is 1. The maximum atomic E-state index is 11.2. The van der Waals surface area contributed by atoms with Gasteiger partial charge >= 0.3 is 0 Å². The highest BCUT2D eigenvalue weighted by Gasteiger charge is 2.19. The van der Waals surface area contributed by atoms with Crippen molar-refractivity contribution in [3.8, 4) is 0 Å². The second-order valence-corrected chi connectivity index (χ2v) is 6.79. The number of amides is 1. The predicted molar refractivity (Wildman–Crippen MR) is 99.4 cm³/mol. The number of benzene rings is 1. The molecule has 0 aromatic heterocycles. The molecule has 0 saturated heterocycles. The molecule has 24 heavy (non-hydrogen) atoms. The van der Waals surface area contributed by atoms with Crippen molar-refractivity contribution >= 4 is 5.91 Å². The first-order valence-corrected chi connectivity index (χ1v) is 8.62. The van der Waals surface area contributed by atoms with Crippen LogP contribution in [0, 0.1) is 11.8 Å². The molecule has 4 nitrogen and oxygen atoms in total. The van der Waals surface area contributed by atoms with Gasteiger partial charge < -0.3 is 16.2 Å². The maximum Gasteiger partial charge on any atom is 0.221 e. The number of primary amides is 1. The van der Waals surface area contributed by atoms with Crippen LogP contribution in [0.5, 0.6) is 0 Å². The Morgan fingerprint density at radius 2 is 1.88 bits per heavy atom. The maximum absolute atomic E-state index is 11.2. The molecule has 1 aromatic carbocycles. The van der Waals surface area contributed by atoms with E-state index >= 15 is 0 Å². The molecule has 0 saturated carbocycles. The number of carbonyl (C=O) groups is 1. The Labute approximate surface area is 146 Å². The molecular weight excluding hydrogens is 300 g/mol. The molecule has 0 fully saturated rings. The Balaban J connectivity index is 2.55. The van der Waals surface area contributed by atoms with Crippen LogP contribution in [0.15, 0.2) is 42.0 Å². The smallest absolute Gasteiger partial charge is 0.221 e. The molecule has 0 bridgehead atoms. The van der Waals surface area contributed by atoms with Gasteiger partial charge in [-0.2, -0.15) is 0 Å². The van der Waals surface area contributed by atoms with E-state index in [1.165, 1.54) is 11.1 Å². The van der Waals surface area contributed by atoms with E-state index in [-0.39, 0.29) is 24.0 Å². The predicted octanol–water partition coefficient (Wildman–Crippen LogP) is 3.06. The SMILES string of the molecule is CO[C@@H](Cc1ccccc1)[C@@H](C)C/C(C)=C/C[C@H](N)[C@H](C)C(N)=O. The molecule has 0 radical (unpaired) electrons. The molecular formula is C20H32N2O2. The number of methoxy groups -OCH3 is 1. The van der Waals surface area contributed by atoms with Crippen LogP contribution in [0.3, 0.4) is 0 Å². The molecule has 4 N–H and O–H groups in total. The summed E-state index contributed by atoms with van der Waals surface area (Å²) in [5.74, 6) is -0.253. The van der Waals surface area contributed by atoms with Gasteiger partial charge in [0.25, 0.3) is 0 Å². The summed E-state index contributed by atoms with van der Waals surface area (Å²) >= 11 is 0. The highest BCUT2D eigenvalue weighted by molar-refractivity contribution is 5.76. The van der Waals surface area contributed by atoms with Crippen LogP contribution in [-0.2, 0) is 16.0 Å². The first-order valence-electron chi connectivity index (χ1n) is 8.62. The van der Waals surface area contributed by atoms with E-state index in [1.54, 1.807) is 14.0 Å². The number of hydrogen-bond acceptors (Lipinski definition) is 3. The van der Waals surface area contributed by atoms with E-state index in [0.717, 1.165) is 12.8 Å². The molecule has 1 rings (SSSR count). The number of hydrogen-bond donors (Lipinski definition) is 2. The van der Waals surface area contributed by atoms with Gasteiger partial charge in [-0.3, -0.25) is 4.79 Å². The van der Waals surface area contributed by atoms with Crippen molar-refractivity contribution in [3.63, 3.8) is 0 Å². The third-order valence-corrected chi connectivity index (χ3v) is 4.69. The zero-order valence-corrected chi connectivity index (χ0v) is 15.4. The summed E-state index contributed by atoms with van der Waals surface area (Å²) in [5.41, 5.74) is 13.9. The number of rotatable bonds is 10. The Bertz CT molecular complexity index is 528. The van der Waals surface area contributed by atoms with Crippen LogP contribution in [-0.4, -0.2) is 25.2 Å². The monoisotopic (exact) mass is 332 g/mol. The van der Waals surface area contributed by atoms with Gasteiger partial charge in [0.1, 0.15) is 0 Å². The topological polar surface area (TPSA) is 78.3 Å². The first kappa shape index (κ1) is 20.4. The Kier molecular flexibility index (Phi) is 8.72. The molecule has 1 aromatic rings. The van der Waals surface area contributed by atoms with Crippen LogP contribution in [0.4, 0.5) is 0 Å². The van der Waals surface area contributed by atoms with Crippen molar-refractivity contribution in [2.45, 2.75) is 52.2 Å². The third kappa shape index (κ3) is 6.85. The average Bonchev–Trinajstić information content (AvgIpc) is 2.57. The standard InChI is InChI=1S/C20H32N2O2/c1-14(10-11-18(21)16(3)20(22)23)12-15(2)19(24-4)13-17-8-6-5-7-9-17/h5-10,15-16,18-19H,11-13,21H2,1-4H3,(H2,22,23)/b14-10+/t15-,16-,18-,19-/m0/s1. The zero-order chi connectivity index (χ0) is 18.1. The lowest BCUT2D eigenvalue weighted by Crippen LogP contribution is -2.36. The fourth-order valence-electron chi connectivity index (χ4n) is 2.84. The van der Waals surface area contributed by atoms with Crippen LogP contribution < -0.4 is 11.5 Å². The fraction of sp³-hybridized carbons (Fsp3) is 0.550. The normalized spacial score (nSPS) is 17.1. The summed E-state index contributed by atoms with van der Waals surface area (Å²) in [6.07, 6.45) is 4.82. The lowest BCUT2D eigenvalue weighted by Gasteiger charge is -2.23. The molecule has 0 spiro atoms. The first-order chi connectivity index (χ1) is 11.3. The van der Waals surface area contributed by atoms with Crippen LogP contribution in [0.2, 0.25) is 0 Å². The summed E-state index contributed by atoms with van der Waals surface area (Å²) < 4.78 is 5.70. The molecule has 4 atom stereocenters. The lowest BCUT2D eigenvalue weighted by atomic mass is 9.90. The second kappa shape index (κ2) is 10.3. The van der Waals surface area contributed by atoms with Crippen molar-refractivity contribution in [1.29, 1.82) is 0 Å². The quantitative estimate of drug-likeness (QED) is 0.646. The Hall–Kier alpha value is -1.65. The molecule has 0 heterocycles. The van der Waals surface area contributed by atoms with Gasteiger partial charge in [-0.25, -0.2) is 0 Å². The van der Waals surface area contributed by atoms with Crippen molar-refractivity contribution in [3.05, 3.63) is 47.5 Å². The molecule has 0 aliphatic rings. The summed E-state index contributed by atoms with van der Waals surface area (Å²) in [7, 11) is 1.77. The average molecular weight is 332 g/mol. The third-order valence-electron chi connectivity index (χ3n) is 4.69. The van der Waals surface area contributed by atoms with Gasteiger partial charge in [0, 0.05) is 13.2 Å². The number of carbonyl (C=O) groups excluding carboxylic acids is 1.